The maximum atomic E-state index is 5.04. The van der Waals surface area contributed by atoms with Crippen molar-refractivity contribution in [1.29, 1.82) is 0 Å². The molecule has 3 aromatic rings. The second-order valence-electron chi connectivity index (χ2n) is 8.29. The maximum Gasteiger partial charge on any atom is 0.210 e. The van der Waals surface area contributed by atoms with E-state index in [4.69, 9.17) is 9.98 Å². The lowest BCUT2D eigenvalue weighted by molar-refractivity contribution is 0.456. The fourth-order valence-electron chi connectivity index (χ4n) is 4.35. The SMILES string of the molecule is C=C1C(/C=N\C2CCCCCCC2)=C(c2ccccc2)NN1c1nc2ccccc2s1. The van der Waals surface area contributed by atoms with Gasteiger partial charge in [-0.1, -0.05) is 92.5 Å². The summed E-state index contributed by atoms with van der Waals surface area (Å²) >= 11 is 1.67. The van der Waals surface area contributed by atoms with Gasteiger partial charge in [-0.15, -0.1) is 0 Å². The zero-order valence-electron chi connectivity index (χ0n) is 17.8. The van der Waals surface area contributed by atoms with E-state index in [0.717, 1.165) is 33.2 Å². The number of hydrogen-bond donors (Lipinski definition) is 1. The first-order valence-electron chi connectivity index (χ1n) is 11.2. The molecule has 1 aliphatic carbocycles. The molecule has 1 aromatic heterocycles. The maximum absolute atomic E-state index is 5.04. The van der Waals surface area contributed by atoms with Crippen LogP contribution in [0.25, 0.3) is 15.9 Å². The van der Waals surface area contributed by atoms with Gasteiger partial charge in [-0.05, 0) is 25.0 Å². The van der Waals surface area contributed by atoms with Crippen molar-refractivity contribution in [2.45, 2.75) is 51.0 Å². The van der Waals surface area contributed by atoms with Gasteiger partial charge in [-0.3, -0.25) is 10.4 Å². The predicted octanol–water partition coefficient (Wildman–Crippen LogP) is 6.73. The summed E-state index contributed by atoms with van der Waals surface area (Å²) in [6.45, 7) is 4.42. The molecule has 0 amide bonds. The van der Waals surface area contributed by atoms with Crippen LogP contribution in [-0.2, 0) is 0 Å². The van der Waals surface area contributed by atoms with Crippen molar-refractivity contribution >= 4 is 38.6 Å². The number of para-hydroxylation sites is 1. The van der Waals surface area contributed by atoms with E-state index in [2.05, 4.69) is 60.7 Å². The Hall–Kier alpha value is -2.92. The van der Waals surface area contributed by atoms with Crippen LogP contribution in [0.3, 0.4) is 0 Å². The molecule has 0 saturated heterocycles. The van der Waals surface area contributed by atoms with E-state index < -0.39 is 0 Å². The average Bonchev–Trinajstić information content (AvgIpc) is 3.34. The van der Waals surface area contributed by atoms with Gasteiger partial charge in [0.25, 0.3) is 0 Å². The number of benzene rings is 2. The molecule has 1 saturated carbocycles. The normalized spacial score (nSPS) is 18.6. The number of anilines is 1. The minimum atomic E-state index is 0.411. The van der Waals surface area contributed by atoms with Crippen molar-refractivity contribution < 1.29 is 0 Å². The number of fused-ring (bicyclic) bond motifs is 1. The topological polar surface area (TPSA) is 40.5 Å². The van der Waals surface area contributed by atoms with Crippen LogP contribution in [0.1, 0.15) is 50.5 Å². The summed E-state index contributed by atoms with van der Waals surface area (Å²) in [6.07, 6.45) is 11.0. The Morgan fingerprint density at radius 2 is 1.68 bits per heavy atom. The van der Waals surface area contributed by atoms with Crippen molar-refractivity contribution in [2.24, 2.45) is 4.99 Å². The molecule has 0 unspecified atom stereocenters. The Morgan fingerprint density at radius 3 is 2.45 bits per heavy atom. The molecular formula is C26H28N4S. The van der Waals surface area contributed by atoms with E-state index in [9.17, 15) is 0 Å². The third-order valence-electron chi connectivity index (χ3n) is 6.10. The van der Waals surface area contributed by atoms with Crippen LogP contribution >= 0.6 is 11.3 Å². The monoisotopic (exact) mass is 428 g/mol. The summed E-state index contributed by atoms with van der Waals surface area (Å²) in [4.78, 5) is 9.87. The second-order valence-corrected chi connectivity index (χ2v) is 9.30. The number of nitrogens with zero attached hydrogens (tertiary/aromatic N) is 3. The van der Waals surface area contributed by atoms with Gasteiger partial charge in [0.05, 0.1) is 21.6 Å². The summed E-state index contributed by atoms with van der Waals surface area (Å²) < 4.78 is 1.17. The van der Waals surface area contributed by atoms with E-state index in [-0.39, 0.29) is 0 Å². The Balaban J connectivity index is 1.47. The molecule has 0 spiro atoms. The number of hydrazine groups is 1. The summed E-state index contributed by atoms with van der Waals surface area (Å²) in [5.41, 5.74) is 8.69. The molecule has 5 rings (SSSR count). The quantitative estimate of drug-likeness (QED) is 0.468. The van der Waals surface area contributed by atoms with Gasteiger partial charge in [0.15, 0.2) is 0 Å². The number of hydrogen-bond acceptors (Lipinski definition) is 5. The lowest BCUT2D eigenvalue weighted by atomic mass is 9.97. The van der Waals surface area contributed by atoms with Crippen molar-refractivity contribution in [1.82, 2.24) is 10.4 Å². The van der Waals surface area contributed by atoms with Crippen molar-refractivity contribution in [2.75, 3.05) is 5.01 Å². The highest BCUT2D eigenvalue weighted by molar-refractivity contribution is 7.22. The van der Waals surface area contributed by atoms with Gasteiger partial charge in [0.1, 0.15) is 0 Å². The van der Waals surface area contributed by atoms with Crippen LogP contribution in [0.4, 0.5) is 5.13 Å². The van der Waals surface area contributed by atoms with Crippen LogP contribution < -0.4 is 10.4 Å². The second kappa shape index (κ2) is 9.06. The van der Waals surface area contributed by atoms with Gasteiger partial charge in [0, 0.05) is 23.4 Å². The molecule has 2 heterocycles. The first-order valence-corrected chi connectivity index (χ1v) is 12.1. The molecule has 0 atom stereocenters. The number of aromatic nitrogens is 1. The van der Waals surface area contributed by atoms with Gasteiger partial charge >= 0.3 is 0 Å². The first-order chi connectivity index (χ1) is 15.3. The summed E-state index contributed by atoms with van der Waals surface area (Å²) in [7, 11) is 0. The van der Waals surface area contributed by atoms with Crippen molar-refractivity contribution in [3.8, 4) is 0 Å². The molecule has 0 bridgehead atoms. The van der Waals surface area contributed by atoms with Gasteiger partial charge in [-0.2, -0.15) is 0 Å². The van der Waals surface area contributed by atoms with E-state index in [1.165, 1.54) is 49.6 Å². The fraction of sp³-hybridized carbons (Fsp3) is 0.308. The Bertz CT molecular complexity index is 1090. The van der Waals surface area contributed by atoms with Crippen LogP contribution in [0.15, 0.2) is 77.4 Å². The third kappa shape index (κ3) is 4.28. The smallest absolute Gasteiger partial charge is 0.210 e. The average molecular weight is 429 g/mol. The van der Waals surface area contributed by atoms with E-state index in [0.29, 0.717) is 6.04 Å². The number of rotatable bonds is 4. The molecule has 1 aliphatic heterocycles. The zero-order valence-corrected chi connectivity index (χ0v) is 18.6. The van der Waals surface area contributed by atoms with Crippen LogP contribution in [-0.4, -0.2) is 17.2 Å². The Labute approximate surface area is 188 Å². The van der Waals surface area contributed by atoms with Crippen LogP contribution in [0.2, 0.25) is 0 Å². The van der Waals surface area contributed by atoms with Gasteiger partial charge < -0.3 is 0 Å². The molecule has 2 aliphatic rings. The van der Waals surface area contributed by atoms with E-state index >= 15 is 0 Å². The summed E-state index contributed by atoms with van der Waals surface area (Å²) in [5, 5.41) is 2.90. The molecule has 0 radical (unpaired) electrons. The standard InChI is InChI=1S/C26H28N4S/c1-19-22(18-27-21-14-8-3-2-4-9-15-21)25(20-12-6-5-7-13-20)29-30(19)26-28-23-16-10-11-17-24(23)31-26/h5-7,10-13,16-18,21,29H,1-4,8-9,14-15H2/b27-18-. The largest absolute Gasteiger partial charge is 0.290 e. The molecule has 2 aromatic carbocycles. The number of nitrogens with one attached hydrogen (secondary N) is 1. The molecule has 1 fully saturated rings. The van der Waals surface area contributed by atoms with Gasteiger partial charge in [-0.25, -0.2) is 9.99 Å². The van der Waals surface area contributed by atoms with Crippen LogP contribution in [0.5, 0.6) is 0 Å². The Morgan fingerprint density at radius 1 is 0.968 bits per heavy atom. The molecular weight excluding hydrogens is 400 g/mol. The minimum absolute atomic E-state index is 0.411. The highest BCUT2D eigenvalue weighted by Crippen LogP contribution is 2.36. The van der Waals surface area contributed by atoms with Gasteiger partial charge in [0.2, 0.25) is 5.13 Å². The van der Waals surface area contributed by atoms with Crippen LogP contribution in [0, 0.1) is 0 Å². The Kier molecular flexibility index (Phi) is 5.85. The highest BCUT2D eigenvalue weighted by Gasteiger charge is 2.28. The molecule has 5 heteroatoms. The molecule has 4 nitrogen and oxygen atoms in total. The van der Waals surface area contributed by atoms with Crippen molar-refractivity contribution in [3.63, 3.8) is 0 Å². The molecule has 158 valence electrons. The molecule has 31 heavy (non-hydrogen) atoms. The third-order valence-corrected chi connectivity index (χ3v) is 7.12. The first kappa shape index (κ1) is 20.0. The summed E-state index contributed by atoms with van der Waals surface area (Å²) in [6, 6.07) is 19.1. The lowest BCUT2D eigenvalue weighted by Crippen LogP contribution is -2.29. The van der Waals surface area contributed by atoms with E-state index in [1.54, 1.807) is 11.3 Å². The number of allylic oxidation sites excluding steroid dienone is 1. The number of thiazole rings is 1. The zero-order chi connectivity index (χ0) is 21.0. The molecule has 1 N–H and O–H groups in total. The van der Waals surface area contributed by atoms with Crippen molar-refractivity contribution in [3.05, 3.63) is 78.0 Å². The predicted molar refractivity (Wildman–Crippen MR) is 132 cm³/mol. The lowest BCUT2D eigenvalue weighted by Gasteiger charge is -2.18. The van der Waals surface area contributed by atoms with E-state index in [1.807, 2.05) is 17.1 Å². The number of aliphatic imine (C=N–C) groups is 1. The minimum Gasteiger partial charge on any atom is -0.290 e. The summed E-state index contributed by atoms with van der Waals surface area (Å²) in [5.74, 6) is 0. The highest BCUT2D eigenvalue weighted by atomic mass is 32.1. The fourth-order valence-corrected chi connectivity index (χ4v) is 5.30.